The fraction of sp³-hybridized carbons (Fsp3) is 0.917. The number of nitrogens with two attached hydrogens (primary N) is 1. The lowest BCUT2D eigenvalue weighted by molar-refractivity contribution is -0.139. The molecule has 1 aliphatic heterocycles. The van der Waals surface area contributed by atoms with Crippen LogP contribution in [0.2, 0.25) is 0 Å². The third-order valence-electron chi connectivity index (χ3n) is 3.11. The van der Waals surface area contributed by atoms with Crippen LogP contribution in [0, 0.1) is 0 Å². The van der Waals surface area contributed by atoms with Crippen molar-refractivity contribution in [2.75, 3.05) is 13.1 Å². The van der Waals surface area contributed by atoms with Crippen molar-refractivity contribution in [3.63, 3.8) is 0 Å². The highest BCUT2D eigenvalue weighted by atomic mass is 16.2. The molecule has 0 bridgehead atoms. The van der Waals surface area contributed by atoms with Crippen molar-refractivity contribution in [2.45, 2.75) is 57.9 Å². The topological polar surface area (TPSA) is 46.3 Å². The van der Waals surface area contributed by atoms with Gasteiger partial charge in [-0.15, -0.1) is 0 Å². The molecule has 1 rings (SSSR count). The first kappa shape index (κ1) is 12.5. The van der Waals surface area contributed by atoms with E-state index in [2.05, 4.69) is 13.8 Å². The van der Waals surface area contributed by atoms with E-state index in [9.17, 15) is 4.79 Å². The first-order valence-electron chi connectivity index (χ1n) is 6.18. The molecule has 0 unspecified atom stereocenters. The zero-order valence-corrected chi connectivity index (χ0v) is 10.1. The summed E-state index contributed by atoms with van der Waals surface area (Å²) in [6, 6.07) is 0. The summed E-state index contributed by atoms with van der Waals surface area (Å²) < 4.78 is 0. The van der Waals surface area contributed by atoms with E-state index in [-0.39, 0.29) is 5.54 Å². The largest absolute Gasteiger partial charge is 0.339 e. The summed E-state index contributed by atoms with van der Waals surface area (Å²) >= 11 is 0. The van der Waals surface area contributed by atoms with Crippen LogP contribution in [0.5, 0.6) is 0 Å². The molecular formula is C12H24N2O. The van der Waals surface area contributed by atoms with Crippen LogP contribution in [0.1, 0.15) is 52.4 Å². The Morgan fingerprint density at radius 3 is 2.47 bits per heavy atom. The number of amides is 1. The van der Waals surface area contributed by atoms with Gasteiger partial charge >= 0.3 is 0 Å². The van der Waals surface area contributed by atoms with Crippen LogP contribution < -0.4 is 5.73 Å². The zero-order chi connectivity index (χ0) is 11.3. The summed E-state index contributed by atoms with van der Waals surface area (Å²) in [5, 5.41) is 0. The van der Waals surface area contributed by atoms with E-state index in [4.69, 9.17) is 5.73 Å². The molecule has 88 valence electrons. The molecule has 0 aromatic heterocycles. The third kappa shape index (κ3) is 3.49. The predicted octanol–water partition coefficient (Wildman–Crippen LogP) is 1.91. The minimum absolute atomic E-state index is 0.0742. The summed E-state index contributed by atoms with van der Waals surface area (Å²) in [7, 11) is 0. The van der Waals surface area contributed by atoms with Crippen molar-refractivity contribution < 1.29 is 4.79 Å². The third-order valence-corrected chi connectivity index (χ3v) is 3.11. The van der Waals surface area contributed by atoms with Crippen LogP contribution in [-0.2, 0) is 4.79 Å². The fourth-order valence-corrected chi connectivity index (χ4v) is 2.23. The number of rotatable bonds is 6. The lowest BCUT2D eigenvalue weighted by Crippen LogP contribution is -2.68. The molecule has 0 atom stereocenters. The van der Waals surface area contributed by atoms with E-state index >= 15 is 0 Å². The average Bonchev–Trinajstić information content (AvgIpc) is 2.14. The molecule has 15 heavy (non-hydrogen) atoms. The van der Waals surface area contributed by atoms with Crippen molar-refractivity contribution >= 4 is 5.91 Å². The first-order valence-corrected chi connectivity index (χ1v) is 6.18. The van der Waals surface area contributed by atoms with Crippen molar-refractivity contribution in [1.82, 2.24) is 4.90 Å². The maximum atomic E-state index is 11.7. The summed E-state index contributed by atoms with van der Waals surface area (Å²) in [5.41, 5.74) is 6.03. The minimum Gasteiger partial charge on any atom is -0.339 e. The second-order valence-corrected chi connectivity index (χ2v) is 4.82. The van der Waals surface area contributed by atoms with Gasteiger partial charge in [-0.1, -0.05) is 33.1 Å². The second-order valence-electron chi connectivity index (χ2n) is 4.82. The predicted molar refractivity (Wildman–Crippen MR) is 62.5 cm³/mol. The molecule has 2 N–H and O–H groups in total. The Labute approximate surface area is 93.0 Å². The molecule has 1 heterocycles. The average molecular weight is 212 g/mol. The number of hydrogen-bond donors (Lipinski definition) is 1. The van der Waals surface area contributed by atoms with Crippen LogP contribution in [0.15, 0.2) is 0 Å². The SMILES string of the molecule is CCCCCC(=O)N1CC(N)(CCC)C1. The van der Waals surface area contributed by atoms with E-state index in [1.54, 1.807) is 0 Å². The van der Waals surface area contributed by atoms with Crippen molar-refractivity contribution in [3.8, 4) is 0 Å². The summed E-state index contributed by atoms with van der Waals surface area (Å²) in [6.45, 7) is 5.83. The second kappa shape index (κ2) is 5.50. The zero-order valence-electron chi connectivity index (χ0n) is 10.1. The summed E-state index contributed by atoms with van der Waals surface area (Å²) in [4.78, 5) is 13.6. The van der Waals surface area contributed by atoms with E-state index < -0.39 is 0 Å². The van der Waals surface area contributed by atoms with Gasteiger partial charge in [-0.3, -0.25) is 4.79 Å². The Morgan fingerprint density at radius 2 is 1.93 bits per heavy atom. The standard InChI is InChI=1S/C12H24N2O/c1-3-5-6-7-11(15)14-9-12(13,10-14)8-4-2/h3-10,13H2,1-2H3. The van der Waals surface area contributed by atoms with Gasteiger partial charge in [0.2, 0.25) is 5.91 Å². The Morgan fingerprint density at radius 1 is 1.27 bits per heavy atom. The lowest BCUT2D eigenvalue weighted by atomic mass is 9.86. The molecule has 1 amide bonds. The van der Waals surface area contributed by atoms with Gasteiger partial charge in [0.1, 0.15) is 0 Å². The molecule has 0 aliphatic carbocycles. The van der Waals surface area contributed by atoms with Crippen LogP contribution in [0.4, 0.5) is 0 Å². The van der Waals surface area contributed by atoms with Gasteiger partial charge in [0.15, 0.2) is 0 Å². The molecule has 1 aliphatic rings. The Balaban J connectivity index is 2.17. The highest BCUT2D eigenvalue weighted by Gasteiger charge is 2.40. The number of carbonyl (C=O) groups is 1. The number of nitrogens with zero attached hydrogens (tertiary/aromatic N) is 1. The van der Waals surface area contributed by atoms with Gasteiger partial charge in [-0.05, 0) is 12.8 Å². The summed E-state index contributed by atoms with van der Waals surface area (Å²) in [6.07, 6.45) is 6.19. The van der Waals surface area contributed by atoms with Crippen molar-refractivity contribution in [1.29, 1.82) is 0 Å². The number of likely N-dealkylation sites (tertiary alicyclic amines) is 1. The van der Waals surface area contributed by atoms with E-state index in [0.29, 0.717) is 12.3 Å². The van der Waals surface area contributed by atoms with Crippen molar-refractivity contribution in [2.24, 2.45) is 5.73 Å². The molecular weight excluding hydrogens is 188 g/mol. The maximum absolute atomic E-state index is 11.7. The monoisotopic (exact) mass is 212 g/mol. The van der Waals surface area contributed by atoms with Gasteiger partial charge in [-0.2, -0.15) is 0 Å². The molecule has 3 heteroatoms. The van der Waals surface area contributed by atoms with Gasteiger partial charge in [-0.25, -0.2) is 0 Å². The molecule has 3 nitrogen and oxygen atoms in total. The minimum atomic E-state index is -0.0742. The first-order chi connectivity index (χ1) is 7.11. The Bertz CT molecular complexity index is 210. The van der Waals surface area contributed by atoms with E-state index in [1.165, 1.54) is 6.42 Å². The van der Waals surface area contributed by atoms with Crippen LogP contribution in [0.25, 0.3) is 0 Å². The molecule has 1 fully saturated rings. The van der Waals surface area contributed by atoms with Gasteiger partial charge in [0.25, 0.3) is 0 Å². The van der Waals surface area contributed by atoms with Crippen LogP contribution in [-0.4, -0.2) is 29.4 Å². The molecule has 0 spiro atoms. The van der Waals surface area contributed by atoms with Gasteiger partial charge < -0.3 is 10.6 Å². The lowest BCUT2D eigenvalue weighted by Gasteiger charge is -2.48. The summed E-state index contributed by atoms with van der Waals surface area (Å²) in [5.74, 6) is 0.292. The highest BCUT2D eigenvalue weighted by Crippen LogP contribution is 2.24. The van der Waals surface area contributed by atoms with Crippen molar-refractivity contribution in [3.05, 3.63) is 0 Å². The number of carbonyl (C=O) groups excluding carboxylic acids is 1. The smallest absolute Gasteiger partial charge is 0.222 e. The molecule has 0 radical (unpaired) electrons. The Hall–Kier alpha value is -0.570. The van der Waals surface area contributed by atoms with Gasteiger partial charge in [0, 0.05) is 19.5 Å². The Kier molecular flexibility index (Phi) is 4.58. The number of hydrogen-bond acceptors (Lipinski definition) is 2. The molecule has 1 saturated heterocycles. The van der Waals surface area contributed by atoms with Gasteiger partial charge in [0.05, 0.1) is 5.54 Å². The number of unbranched alkanes of at least 4 members (excludes halogenated alkanes) is 2. The fourth-order valence-electron chi connectivity index (χ4n) is 2.23. The van der Waals surface area contributed by atoms with E-state index in [1.807, 2.05) is 4.90 Å². The molecule has 0 saturated carbocycles. The quantitative estimate of drug-likeness (QED) is 0.684. The van der Waals surface area contributed by atoms with Crippen LogP contribution in [0.3, 0.4) is 0 Å². The van der Waals surface area contributed by atoms with Crippen LogP contribution >= 0.6 is 0 Å². The normalized spacial score (nSPS) is 18.7. The molecule has 0 aromatic carbocycles. The van der Waals surface area contributed by atoms with E-state index in [0.717, 1.165) is 38.8 Å². The molecule has 0 aromatic rings. The maximum Gasteiger partial charge on any atom is 0.222 e. The highest BCUT2D eigenvalue weighted by molar-refractivity contribution is 5.77.